The number of carbonyl (C=O) groups excluding carboxylic acids is 1. The Kier molecular flexibility index (Phi) is 8.37. The lowest BCUT2D eigenvalue weighted by Crippen LogP contribution is -2.31. The normalized spacial score (nSPS) is 14.6. The molecule has 0 aliphatic heterocycles. The molecule has 4 nitrogen and oxygen atoms in total. The van der Waals surface area contributed by atoms with Crippen LogP contribution in [0.15, 0.2) is 139 Å². The third-order valence-corrected chi connectivity index (χ3v) is 12.3. The Morgan fingerprint density at radius 1 is 0.574 bits per heavy atom. The van der Waals surface area contributed by atoms with Crippen LogP contribution in [-0.2, 0) is 4.79 Å². The molecular weight excluding hydrogens is 701 g/mol. The average Bonchev–Trinajstić information content (AvgIpc) is 3.78. The maximum Gasteiger partial charge on any atom is 0.213 e. The summed E-state index contributed by atoms with van der Waals surface area (Å²) in [5, 5.41) is 14.8. The monoisotopic (exact) mass is 736 g/mol. The second-order valence-electron chi connectivity index (χ2n) is 14.1. The predicted octanol–water partition coefficient (Wildman–Crippen LogP) is 9.95. The lowest BCUT2D eigenvalue weighted by atomic mass is 9.87. The van der Waals surface area contributed by atoms with Gasteiger partial charge in [-0.2, -0.15) is 4.58 Å². The smallest absolute Gasteiger partial charge is 0.213 e. The van der Waals surface area contributed by atoms with E-state index < -0.39 is 0 Å². The van der Waals surface area contributed by atoms with Crippen molar-refractivity contribution in [3.05, 3.63) is 181 Å². The fraction of sp³-hybridized carbons (Fsp3) is 0.0833. The zero-order chi connectivity index (χ0) is 37.1. The summed E-state index contributed by atoms with van der Waals surface area (Å²) in [5.41, 5.74) is 12.7. The second-order valence-corrected chi connectivity index (χ2v) is 16.3. The van der Waals surface area contributed by atoms with E-state index in [-0.39, 0.29) is 22.7 Å². The van der Waals surface area contributed by atoms with Crippen molar-refractivity contribution in [2.75, 3.05) is 4.90 Å². The van der Waals surface area contributed by atoms with Gasteiger partial charge in [0.05, 0.1) is 0 Å². The number of hydrogen-bond donors (Lipinski definition) is 0. The van der Waals surface area contributed by atoms with Crippen LogP contribution in [-0.4, -0.2) is 11.5 Å². The first kappa shape index (κ1) is 33.7. The summed E-state index contributed by atoms with van der Waals surface area (Å²) in [6, 6.07) is 44.4. The fourth-order valence-corrected chi connectivity index (χ4v) is 9.34. The van der Waals surface area contributed by atoms with Crippen molar-refractivity contribution < 1.29 is 9.90 Å². The summed E-state index contributed by atoms with van der Waals surface area (Å²) in [6.07, 6.45) is 6.34. The number of carbonyl (C=O) groups is 1. The Morgan fingerprint density at radius 3 is 1.67 bits per heavy atom. The number of anilines is 3. The Morgan fingerprint density at radius 2 is 1.11 bits per heavy atom. The summed E-state index contributed by atoms with van der Waals surface area (Å²) in [4.78, 5) is 16.8. The quantitative estimate of drug-likeness (QED) is 0.160. The minimum atomic E-state index is -0.180. The molecule has 2 heterocycles. The Bertz CT molecular complexity index is 2760. The first-order chi connectivity index (χ1) is 26.2. The minimum Gasteiger partial charge on any atom is -0.871 e. The van der Waals surface area contributed by atoms with Crippen molar-refractivity contribution in [3.63, 3.8) is 0 Å². The van der Waals surface area contributed by atoms with E-state index in [1.165, 1.54) is 44.9 Å². The summed E-state index contributed by atoms with van der Waals surface area (Å²) in [5.74, 6) is -0.360. The fourth-order valence-electron chi connectivity index (χ4n) is 7.08. The summed E-state index contributed by atoms with van der Waals surface area (Å²) < 4.78 is 5.00. The maximum atomic E-state index is 13.8. The van der Waals surface area contributed by atoms with E-state index in [2.05, 4.69) is 171 Å². The van der Waals surface area contributed by atoms with Crippen molar-refractivity contribution in [2.24, 2.45) is 0 Å². The summed E-state index contributed by atoms with van der Waals surface area (Å²) in [7, 11) is 0. The minimum absolute atomic E-state index is 0.180. The Hall–Kier alpha value is -6.08. The maximum absolute atomic E-state index is 13.8. The predicted molar refractivity (Wildman–Crippen MR) is 227 cm³/mol. The van der Waals surface area contributed by atoms with E-state index in [1.54, 1.807) is 0 Å². The van der Waals surface area contributed by atoms with E-state index in [0.717, 1.165) is 54.3 Å². The first-order valence-corrected chi connectivity index (χ1v) is 19.6. The van der Waals surface area contributed by atoms with Crippen LogP contribution in [0, 0.1) is 27.7 Å². The number of aryl methyl sites for hydroxylation is 4. The van der Waals surface area contributed by atoms with E-state index in [9.17, 15) is 9.90 Å². The topological polar surface area (TPSA) is 46.4 Å². The molecule has 2 aromatic heterocycles. The van der Waals surface area contributed by atoms with E-state index >= 15 is 0 Å². The molecule has 0 N–H and O–H groups in total. The van der Waals surface area contributed by atoms with Gasteiger partial charge in [-0.25, -0.2) is 0 Å². The lowest BCUT2D eigenvalue weighted by Gasteiger charge is -2.29. The van der Waals surface area contributed by atoms with Gasteiger partial charge in [-0.05, 0) is 93.3 Å². The number of Topliss-reactive ketones (excluding diaryl/α,β-unsaturated/α-hetero) is 1. The molecule has 54 heavy (non-hydrogen) atoms. The number of fused-ring (bicyclic) bond motifs is 2. The highest BCUT2D eigenvalue weighted by molar-refractivity contribution is 7.20. The van der Waals surface area contributed by atoms with Crippen LogP contribution in [0.5, 0.6) is 0 Å². The highest BCUT2D eigenvalue weighted by Gasteiger charge is 2.31. The zero-order valence-electron chi connectivity index (χ0n) is 30.4. The molecule has 0 spiro atoms. The van der Waals surface area contributed by atoms with Gasteiger partial charge in [-0.15, -0.1) is 22.7 Å². The molecule has 0 saturated heterocycles. The molecule has 0 unspecified atom stereocenters. The number of hydrogen-bond acceptors (Lipinski definition) is 5. The number of nitrogens with zero attached hydrogens (tertiary/aromatic N) is 2. The molecule has 2 aliphatic rings. The molecule has 0 fully saturated rings. The van der Waals surface area contributed by atoms with Crippen LogP contribution >= 0.6 is 22.7 Å². The highest BCUT2D eigenvalue weighted by atomic mass is 32.1. The molecule has 2 aliphatic carbocycles. The molecule has 0 atom stereocenters. The molecule has 0 radical (unpaired) electrons. The molecule has 6 heteroatoms. The van der Waals surface area contributed by atoms with Crippen LogP contribution in [0.3, 0.4) is 0 Å². The standard InChI is InChI=1S/C48H36N2O2S2/c1-29-5-15-35(16-6-29)49(36-17-7-30(2)8-18-36)39-23-13-33-25-43(53-41(33)27-39)45-47(51)46(48(45)52)44-26-34-14-24-40(28-42(34)54-44)50(37-19-9-31(3)10-20-37)38-21-11-32(4)12-22-38/h5-28H,1-4H3. The van der Waals surface area contributed by atoms with Gasteiger partial charge >= 0.3 is 0 Å². The molecule has 9 rings (SSSR count). The first-order valence-electron chi connectivity index (χ1n) is 18.0. The van der Waals surface area contributed by atoms with Gasteiger partial charge in [0.1, 0.15) is 0 Å². The molecule has 7 aromatic rings. The molecule has 0 saturated carbocycles. The van der Waals surface area contributed by atoms with Crippen LogP contribution in [0.4, 0.5) is 28.4 Å². The van der Waals surface area contributed by atoms with Crippen LogP contribution < -0.4 is 23.6 Å². The third-order valence-electron chi connectivity index (χ3n) is 10.1. The number of thiophene rings is 2. The molecule has 0 amide bonds. The van der Waals surface area contributed by atoms with Gasteiger partial charge in [-0.1, -0.05) is 82.6 Å². The van der Waals surface area contributed by atoms with Crippen LogP contribution in [0.1, 0.15) is 32.7 Å². The lowest BCUT2D eigenvalue weighted by molar-refractivity contribution is -0.292. The van der Waals surface area contributed by atoms with Crippen molar-refractivity contribution >= 4 is 96.0 Å². The van der Waals surface area contributed by atoms with Crippen molar-refractivity contribution in [3.8, 4) is 0 Å². The van der Waals surface area contributed by atoms with E-state index in [4.69, 9.17) is 0 Å². The summed E-state index contributed by atoms with van der Waals surface area (Å²) >= 11 is 3.00. The van der Waals surface area contributed by atoms with Gasteiger partial charge in [0.15, 0.2) is 5.78 Å². The SMILES string of the molecule is Cc1ccc(N(c2ccc(C)cc2)c2ccc3cc(C4=C([O-])/C(=c5\cc6c(s5)=CC(=[N+](c5ccc(C)cc5)c5ccc(C)cc5)C=C6)C4=O)sc3c2)cc1. The molecular formula is C48H36N2O2S2. The molecule has 262 valence electrons. The van der Waals surface area contributed by atoms with Gasteiger partial charge < -0.3 is 10.0 Å². The van der Waals surface area contributed by atoms with Crippen LogP contribution in [0.25, 0.3) is 33.4 Å². The number of allylic oxidation sites excluding steroid dienone is 3. The van der Waals surface area contributed by atoms with Gasteiger partial charge in [0.25, 0.3) is 0 Å². The number of ketones is 1. The summed E-state index contributed by atoms with van der Waals surface area (Å²) in [6.45, 7) is 8.36. The third kappa shape index (κ3) is 6.03. The zero-order valence-corrected chi connectivity index (χ0v) is 32.0. The highest BCUT2D eigenvalue weighted by Crippen LogP contribution is 2.43. The van der Waals surface area contributed by atoms with Gasteiger partial charge in [0.2, 0.25) is 17.1 Å². The molecule has 5 aromatic carbocycles. The van der Waals surface area contributed by atoms with Gasteiger partial charge in [-0.3, -0.25) is 4.79 Å². The molecule has 0 bridgehead atoms. The van der Waals surface area contributed by atoms with E-state index in [0.29, 0.717) is 9.41 Å². The number of benzene rings is 5. The largest absolute Gasteiger partial charge is 0.871 e. The Labute approximate surface area is 322 Å². The Balaban J connectivity index is 1.09. The average molecular weight is 737 g/mol. The van der Waals surface area contributed by atoms with Crippen molar-refractivity contribution in [2.45, 2.75) is 27.7 Å². The van der Waals surface area contributed by atoms with Crippen LogP contribution in [0.2, 0.25) is 0 Å². The van der Waals surface area contributed by atoms with E-state index in [1.807, 2.05) is 12.1 Å². The van der Waals surface area contributed by atoms with Gasteiger partial charge in [0, 0.05) is 83.3 Å². The number of rotatable bonds is 6. The second kappa shape index (κ2) is 13.4. The van der Waals surface area contributed by atoms with Crippen molar-refractivity contribution in [1.82, 2.24) is 4.58 Å². The van der Waals surface area contributed by atoms with Crippen molar-refractivity contribution in [1.29, 1.82) is 0 Å².